The molecule has 0 bridgehead atoms. The Balaban J connectivity index is 2.84. The lowest BCUT2D eigenvalue weighted by Gasteiger charge is -2.17. The summed E-state index contributed by atoms with van der Waals surface area (Å²) in [6.07, 6.45) is 0.305. The third-order valence-corrected chi connectivity index (χ3v) is 3.06. The van der Waals surface area contributed by atoms with Gasteiger partial charge in [-0.25, -0.2) is 4.79 Å². The van der Waals surface area contributed by atoms with Crippen LogP contribution in [-0.2, 0) is 16.0 Å². The topological polar surface area (TPSA) is 66.4 Å². The molecule has 0 aliphatic carbocycles. The lowest BCUT2D eigenvalue weighted by atomic mass is 9.99. The summed E-state index contributed by atoms with van der Waals surface area (Å²) in [4.78, 5) is 22.8. The van der Waals surface area contributed by atoms with Crippen molar-refractivity contribution in [2.24, 2.45) is 5.92 Å². The zero-order valence-electron chi connectivity index (χ0n) is 11.9. The molecule has 0 spiro atoms. The second kappa shape index (κ2) is 6.36. The Morgan fingerprint density at radius 3 is 2.37 bits per heavy atom. The van der Waals surface area contributed by atoms with Crippen molar-refractivity contribution < 1.29 is 14.7 Å². The molecule has 1 unspecified atom stereocenters. The molecule has 1 atom stereocenters. The van der Waals surface area contributed by atoms with E-state index in [0.29, 0.717) is 6.42 Å². The number of hydrogen-bond donors (Lipinski definition) is 2. The number of amides is 1. The molecule has 104 valence electrons. The summed E-state index contributed by atoms with van der Waals surface area (Å²) in [6, 6.07) is 5.00. The van der Waals surface area contributed by atoms with Crippen LogP contribution in [0.4, 0.5) is 0 Å². The Bertz CT molecular complexity index is 480. The van der Waals surface area contributed by atoms with Gasteiger partial charge in [-0.1, -0.05) is 37.6 Å². The van der Waals surface area contributed by atoms with Gasteiger partial charge in [0.25, 0.3) is 0 Å². The van der Waals surface area contributed by atoms with Crippen LogP contribution < -0.4 is 5.32 Å². The molecule has 19 heavy (non-hydrogen) atoms. The van der Waals surface area contributed by atoms with Crippen molar-refractivity contribution in [2.75, 3.05) is 0 Å². The highest BCUT2D eigenvalue weighted by atomic mass is 16.4. The summed E-state index contributed by atoms with van der Waals surface area (Å²) in [5, 5.41) is 11.8. The maximum Gasteiger partial charge on any atom is 0.326 e. The Kier molecular flexibility index (Phi) is 5.10. The maximum atomic E-state index is 11.6. The standard InChI is InChI=1S/C15H21NO3/c1-9(2)14(17)16-13(15(18)19)8-12-6-5-10(3)7-11(12)4/h5-7,9,13H,8H2,1-4H3,(H,16,17)(H,18,19). The Morgan fingerprint density at radius 1 is 1.26 bits per heavy atom. The van der Waals surface area contributed by atoms with E-state index in [1.807, 2.05) is 32.0 Å². The second-order valence-corrected chi connectivity index (χ2v) is 5.19. The van der Waals surface area contributed by atoms with E-state index >= 15 is 0 Å². The van der Waals surface area contributed by atoms with Crippen LogP contribution in [0, 0.1) is 19.8 Å². The Morgan fingerprint density at radius 2 is 1.89 bits per heavy atom. The van der Waals surface area contributed by atoms with Crippen LogP contribution >= 0.6 is 0 Å². The number of carboxylic acids is 1. The van der Waals surface area contributed by atoms with Gasteiger partial charge in [0.05, 0.1) is 0 Å². The number of rotatable bonds is 5. The first-order valence-electron chi connectivity index (χ1n) is 6.40. The fraction of sp³-hybridized carbons (Fsp3) is 0.467. The summed E-state index contributed by atoms with van der Waals surface area (Å²) in [7, 11) is 0. The van der Waals surface area contributed by atoms with Gasteiger partial charge in [0.15, 0.2) is 0 Å². The molecule has 1 aromatic carbocycles. The van der Waals surface area contributed by atoms with E-state index in [-0.39, 0.29) is 11.8 Å². The molecule has 4 heteroatoms. The molecule has 0 saturated heterocycles. The van der Waals surface area contributed by atoms with Crippen molar-refractivity contribution in [1.82, 2.24) is 5.32 Å². The molecule has 1 amide bonds. The van der Waals surface area contributed by atoms with Crippen LogP contribution in [0.3, 0.4) is 0 Å². The molecule has 0 radical (unpaired) electrons. The summed E-state index contributed by atoms with van der Waals surface area (Å²) >= 11 is 0. The molecule has 0 heterocycles. The van der Waals surface area contributed by atoms with Crippen LogP contribution in [-0.4, -0.2) is 23.0 Å². The molecule has 0 fully saturated rings. The quantitative estimate of drug-likeness (QED) is 0.854. The number of carbonyl (C=O) groups excluding carboxylic acids is 1. The van der Waals surface area contributed by atoms with Gasteiger partial charge < -0.3 is 10.4 Å². The number of carboxylic acid groups (broad SMARTS) is 1. The van der Waals surface area contributed by atoms with E-state index < -0.39 is 12.0 Å². The van der Waals surface area contributed by atoms with Gasteiger partial charge in [0, 0.05) is 12.3 Å². The van der Waals surface area contributed by atoms with Crippen molar-refractivity contribution in [3.8, 4) is 0 Å². The average Bonchev–Trinajstić information content (AvgIpc) is 2.30. The number of aryl methyl sites for hydroxylation is 2. The smallest absolute Gasteiger partial charge is 0.326 e. The predicted octanol–water partition coefficient (Wildman–Crippen LogP) is 2.07. The molecule has 1 rings (SSSR count). The Hall–Kier alpha value is -1.84. The summed E-state index contributed by atoms with van der Waals surface area (Å²) in [6.45, 7) is 7.42. The van der Waals surface area contributed by atoms with Crippen LogP contribution in [0.1, 0.15) is 30.5 Å². The molecular formula is C15H21NO3. The molecule has 0 aliphatic heterocycles. The van der Waals surface area contributed by atoms with Gasteiger partial charge in [0.2, 0.25) is 5.91 Å². The average molecular weight is 263 g/mol. The maximum absolute atomic E-state index is 11.6. The van der Waals surface area contributed by atoms with Crippen molar-refractivity contribution in [1.29, 1.82) is 0 Å². The van der Waals surface area contributed by atoms with E-state index in [1.165, 1.54) is 0 Å². The summed E-state index contributed by atoms with van der Waals surface area (Å²) < 4.78 is 0. The van der Waals surface area contributed by atoms with Crippen LogP contribution in [0.5, 0.6) is 0 Å². The van der Waals surface area contributed by atoms with Crippen molar-refractivity contribution >= 4 is 11.9 Å². The minimum atomic E-state index is -1.01. The third kappa shape index (κ3) is 4.39. The molecule has 0 aromatic heterocycles. The van der Waals surface area contributed by atoms with E-state index in [0.717, 1.165) is 16.7 Å². The third-order valence-electron chi connectivity index (χ3n) is 3.06. The monoisotopic (exact) mass is 263 g/mol. The van der Waals surface area contributed by atoms with Gasteiger partial charge in [-0.3, -0.25) is 4.79 Å². The molecular weight excluding hydrogens is 242 g/mol. The normalized spacial score (nSPS) is 12.3. The first-order valence-corrected chi connectivity index (χ1v) is 6.40. The number of carbonyl (C=O) groups is 2. The van der Waals surface area contributed by atoms with Gasteiger partial charge in [0.1, 0.15) is 6.04 Å². The number of nitrogens with one attached hydrogen (secondary N) is 1. The Labute approximate surface area is 113 Å². The van der Waals surface area contributed by atoms with E-state index in [9.17, 15) is 14.7 Å². The highest BCUT2D eigenvalue weighted by molar-refractivity contribution is 5.84. The minimum Gasteiger partial charge on any atom is -0.480 e. The second-order valence-electron chi connectivity index (χ2n) is 5.19. The molecule has 0 saturated carbocycles. The molecule has 0 aliphatic rings. The highest BCUT2D eigenvalue weighted by Gasteiger charge is 2.22. The van der Waals surface area contributed by atoms with Crippen LogP contribution in [0.15, 0.2) is 18.2 Å². The SMILES string of the molecule is Cc1ccc(CC(NC(=O)C(C)C)C(=O)O)c(C)c1. The van der Waals surface area contributed by atoms with E-state index in [1.54, 1.807) is 13.8 Å². The van der Waals surface area contributed by atoms with Gasteiger partial charge >= 0.3 is 5.97 Å². The zero-order valence-corrected chi connectivity index (χ0v) is 11.9. The van der Waals surface area contributed by atoms with E-state index in [2.05, 4.69) is 5.32 Å². The van der Waals surface area contributed by atoms with Crippen LogP contribution in [0.25, 0.3) is 0 Å². The largest absolute Gasteiger partial charge is 0.480 e. The number of hydrogen-bond acceptors (Lipinski definition) is 2. The lowest BCUT2D eigenvalue weighted by molar-refractivity contribution is -0.142. The van der Waals surface area contributed by atoms with Gasteiger partial charge in [-0.15, -0.1) is 0 Å². The predicted molar refractivity (Wildman–Crippen MR) is 74.0 cm³/mol. The summed E-state index contributed by atoms with van der Waals surface area (Å²) in [5.41, 5.74) is 3.13. The van der Waals surface area contributed by atoms with E-state index in [4.69, 9.17) is 0 Å². The fourth-order valence-corrected chi connectivity index (χ4v) is 1.83. The number of aliphatic carboxylic acids is 1. The van der Waals surface area contributed by atoms with Gasteiger partial charge in [-0.2, -0.15) is 0 Å². The molecule has 4 nitrogen and oxygen atoms in total. The fourth-order valence-electron chi connectivity index (χ4n) is 1.83. The molecule has 1 aromatic rings. The lowest BCUT2D eigenvalue weighted by Crippen LogP contribution is -2.44. The zero-order chi connectivity index (χ0) is 14.6. The highest BCUT2D eigenvalue weighted by Crippen LogP contribution is 2.13. The summed E-state index contributed by atoms with van der Waals surface area (Å²) in [5.74, 6) is -1.47. The van der Waals surface area contributed by atoms with Gasteiger partial charge in [-0.05, 0) is 25.0 Å². The van der Waals surface area contributed by atoms with Crippen molar-refractivity contribution in [3.05, 3.63) is 34.9 Å². The number of benzene rings is 1. The van der Waals surface area contributed by atoms with Crippen molar-refractivity contribution in [2.45, 2.75) is 40.2 Å². The van der Waals surface area contributed by atoms with Crippen LogP contribution in [0.2, 0.25) is 0 Å². The first-order chi connectivity index (χ1) is 8.81. The molecule has 2 N–H and O–H groups in total. The first kappa shape index (κ1) is 15.2. The van der Waals surface area contributed by atoms with Crippen molar-refractivity contribution in [3.63, 3.8) is 0 Å². The minimum absolute atomic E-state index is 0.221.